The van der Waals surface area contributed by atoms with E-state index < -0.39 is 0 Å². The Morgan fingerprint density at radius 1 is 1.20 bits per heavy atom. The van der Waals surface area contributed by atoms with Gasteiger partial charge in [-0.3, -0.25) is 0 Å². The fourth-order valence-electron chi connectivity index (χ4n) is 2.61. The number of hydrogen-bond donors (Lipinski definition) is 2. The van der Waals surface area contributed by atoms with Crippen LogP contribution in [0.1, 0.15) is 40.0 Å². The predicted octanol–water partition coefficient (Wildman–Crippen LogP) is 2.01. The molecule has 0 aromatic carbocycles. The lowest BCUT2D eigenvalue weighted by Crippen LogP contribution is -2.41. The van der Waals surface area contributed by atoms with E-state index >= 15 is 0 Å². The van der Waals surface area contributed by atoms with E-state index in [-0.39, 0.29) is 0 Å². The molecule has 2 nitrogen and oxygen atoms in total. The highest BCUT2D eigenvalue weighted by Gasteiger charge is 2.39. The van der Waals surface area contributed by atoms with Gasteiger partial charge in [0.25, 0.3) is 0 Å². The van der Waals surface area contributed by atoms with Crippen LogP contribution in [0.3, 0.4) is 0 Å². The van der Waals surface area contributed by atoms with E-state index in [1.807, 2.05) is 0 Å². The van der Waals surface area contributed by atoms with Crippen LogP contribution in [0.5, 0.6) is 0 Å². The van der Waals surface area contributed by atoms with E-state index in [4.69, 9.17) is 0 Å². The second-order valence-corrected chi connectivity index (χ2v) is 6.36. The molecule has 0 aromatic rings. The molecule has 0 radical (unpaired) electrons. The summed E-state index contributed by atoms with van der Waals surface area (Å²) < 4.78 is 0. The summed E-state index contributed by atoms with van der Waals surface area (Å²) in [6.45, 7) is 12.0. The highest BCUT2D eigenvalue weighted by Crippen LogP contribution is 2.44. The third-order valence-corrected chi connectivity index (χ3v) is 4.63. The van der Waals surface area contributed by atoms with Crippen molar-refractivity contribution in [1.82, 2.24) is 10.6 Å². The van der Waals surface area contributed by atoms with Crippen LogP contribution in [0.15, 0.2) is 0 Å². The van der Waals surface area contributed by atoms with Gasteiger partial charge < -0.3 is 10.6 Å². The number of nitrogens with one attached hydrogen (secondary N) is 2. The van der Waals surface area contributed by atoms with E-state index in [0.717, 1.165) is 5.92 Å². The lowest BCUT2D eigenvalue weighted by atomic mass is 9.76. The molecule has 0 spiro atoms. The molecular weight excluding hydrogens is 184 g/mol. The van der Waals surface area contributed by atoms with Crippen LogP contribution < -0.4 is 10.6 Å². The van der Waals surface area contributed by atoms with Crippen LogP contribution in [0.25, 0.3) is 0 Å². The molecule has 1 saturated carbocycles. The van der Waals surface area contributed by atoms with Crippen LogP contribution >= 0.6 is 0 Å². The third kappa shape index (κ3) is 2.54. The van der Waals surface area contributed by atoms with E-state index in [1.54, 1.807) is 0 Å². The summed E-state index contributed by atoms with van der Waals surface area (Å²) >= 11 is 0. The zero-order chi connectivity index (χ0) is 10.9. The van der Waals surface area contributed by atoms with Gasteiger partial charge in [0.1, 0.15) is 0 Å². The maximum Gasteiger partial charge on any atom is 0.00231 e. The van der Waals surface area contributed by atoms with Gasteiger partial charge in [-0.05, 0) is 42.6 Å². The summed E-state index contributed by atoms with van der Waals surface area (Å²) in [5.74, 6) is 0.784. The molecule has 0 aromatic heterocycles. The molecule has 88 valence electrons. The lowest BCUT2D eigenvalue weighted by Gasteiger charge is -2.33. The molecule has 1 heterocycles. The van der Waals surface area contributed by atoms with Crippen molar-refractivity contribution in [3.05, 3.63) is 0 Å². The van der Waals surface area contributed by atoms with Crippen LogP contribution in [-0.2, 0) is 0 Å². The molecule has 15 heavy (non-hydrogen) atoms. The summed E-state index contributed by atoms with van der Waals surface area (Å²) in [5, 5.41) is 7.23. The highest BCUT2D eigenvalue weighted by atomic mass is 15.0. The molecule has 1 saturated heterocycles. The first-order valence-electron chi connectivity index (χ1n) is 6.48. The Labute approximate surface area is 94.2 Å². The van der Waals surface area contributed by atoms with Gasteiger partial charge in [-0.15, -0.1) is 0 Å². The largest absolute Gasteiger partial charge is 0.316 e. The SMILES string of the molecule is CC(C)C1(CNCC2(C)CC2)CCNC1. The van der Waals surface area contributed by atoms with E-state index in [2.05, 4.69) is 31.4 Å². The number of hydrogen-bond acceptors (Lipinski definition) is 2. The van der Waals surface area contributed by atoms with Crippen molar-refractivity contribution in [2.45, 2.75) is 40.0 Å². The molecule has 1 aliphatic carbocycles. The first-order chi connectivity index (χ1) is 7.06. The molecule has 2 heteroatoms. The topological polar surface area (TPSA) is 24.1 Å². The van der Waals surface area contributed by atoms with Crippen molar-refractivity contribution in [2.75, 3.05) is 26.2 Å². The molecule has 2 N–H and O–H groups in total. The maximum absolute atomic E-state index is 3.71. The third-order valence-electron chi connectivity index (χ3n) is 4.63. The fourth-order valence-corrected chi connectivity index (χ4v) is 2.61. The second kappa shape index (κ2) is 4.06. The second-order valence-electron chi connectivity index (χ2n) is 6.36. The Balaban J connectivity index is 1.79. The fraction of sp³-hybridized carbons (Fsp3) is 1.00. The van der Waals surface area contributed by atoms with Gasteiger partial charge in [-0.2, -0.15) is 0 Å². The average molecular weight is 210 g/mol. The Morgan fingerprint density at radius 3 is 2.40 bits per heavy atom. The minimum absolute atomic E-state index is 0.519. The van der Waals surface area contributed by atoms with Crippen molar-refractivity contribution < 1.29 is 0 Å². The van der Waals surface area contributed by atoms with E-state index in [9.17, 15) is 0 Å². The van der Waals surface area contributed by atoms with E-state index in [1.165, 1.54) is 45.4 Å². The molecule has 0 bridgehead atoms. The monoisotopic (exact) mass is 210 g/mol. The van der Waals surface area contributed by atoms with Crippen LogP contribution in [-0.4, -0.2) is 26.2 Å². The zero-order valence-electron chi connectivity index (χ0n) is 10.5. The molecule has 2 rings (SSSR count). The normalized spacial score (nSPS) is 33.6. The quantitative estimate of drug-likeness (QED) is 0.725. The number of rotatable bonds is 5. The minimum Gasteiger partial charge on any atom is -0.316 e. The van der Waals surface area contributed by atoms with Crippen molar-refractivity contribution in [1.29, 1.82) is 0 Å². The standard InChI is InChI=1S/C13H26N2/c1-11(2)13(6-7-14-9-13)10-15-8-12(3)4-5-12/h11,14-15H,4-10H2,1-3H3. The van der Waals surface area contributed by atoms with Crippen molar-refractivity contribution in [2.24, 2.45) is 16.7 Å². The summed E-state index contributed by atoms with van der Waals surface area (Å²) in [5.41, 5.74) is 1.16. The minimum atomic E-state index is 0.519. The van der Waals surface area contributed by atoms with E-state index in [0.29, 0.717) is 10.8 Å². The lowest BCUT2D eigenvalue weighted by molar-refractivity contribution is 0.204. The predicted molar refractivity (Wildman–Crippen MR) is 65.0 cm³/mol. The maximum atomic E-state index is 3.71. The van der Waals surface area contributed by atoms with Gasteiger partial charge in [0, 0.05) is 19.6 Å². The molecule has 1 unspecified atom stereocenters. The van der Waals surface area contributed by atoms with Gasteiger partial charge in [-0.1, -0.05) is 20.8 Å². The summed E-state index contributed by atoms with van der Waals surface area (Å²) in [6.07, 6.45) is 4.19. The molecule has 2 aliphatic rings. The first kappa shape index (κ1) is 11.4. The molecule has 1 aliphatic heterocycles. The Bertz CT molecular complexity index is 213. The van der Waals surface area contributed by atoms with Crippen LogP contribution in [0.4, 0.5) is 0 Å². The highest BCUT2D eigenvalue weighted by molar-refractivity contribution is 4.95. The summed E-state index contributed by atoms with van der Waals surface area (Å²) in [4.78, 5) is 0. The van der Waals surface area contributed by atoms with Gasteiger partial charge >= 0.3 is 0 Å². The molecule has 0 amide bonds. The van der Waals surface area contributed by atoms with Gasteiger partial charge in [0.05, 0.1) is 0 Å². The van der Waals surface area contributed by atoms with Gasteiger partial charge in [-0.25, -0.2) is 0 Å². The Morgan fingerprint density at radius 2 is 1.93 bits per heavy atom. The van der Waals surface area contributed by atoms with Crippen molar-refractivity contribution in [3.63, 3.8) is 0 Å². The van der Waals surface area contributed by atoms with Crippen molar-refractivity contribution in [3.8, 4) is 0 Å². The van der Waals surface area contributed by atoms with Crippen molar-refractivity contribution >= 4 is 0 Å². The average Bonchev–Trinajstić information content (AvgIpc) is 2.74. The Kier molecular flexibility index (Phi) is 3.09. The summed E-state index contributed by atoms with van der Waals surface area (Å²) in [7, 11) is 0. The molecular formula is C13H26N2. The van der Waals surface area contributed by atoms with Gasteiger partial charge in [0.2, 0.25) is 0 Å². The Hall–Kier alpha value is -0.0800. The molecule has 2 fully saturated rings. The van der Waals surface area contributed by atoms with Crippen LogP contribution in [0, 0.1) is 16.7 Å². The van der Waals surface area contributed by atoms with Crippen LogP contribution in [0.2, 0.25) is 0 Å². The van der Waals surface area contributed by atoms with Gasteiger partial charge in [0.15, 0.2) is 0 Å². The smallest absolute Gasteiger partial charge is 0.00231 e. The summed E-state index contributed by atoms with van der Waals surface area (Å²) in [6, 6.07) is 0. The zero-order valence-corrected chi connectivity index (χ0v) is 10.5. The first-order valence-corrected chi connectivity index (χ1v) is 6.48. The molecule has 1 atom stereocenters.